The van der Waals surface area contributed by atoms with E-state index in [4.69, 9.17) is 16.3 Å². The van der Waals surface area contributed by atoms with E-state index in [9.17, 15) is 9.59 Å². The molecule has 6 heteroatoms. The highest BCUT2D eigenvalue weighted by Gasteiger charge is 2.51. The van der Waals surface area contributed by atoms with Gasteiger partial charge in [-0.3, -0.25) is 9.59 Å². The molecule has 0 saturated carbocycles. The molecule has 1 aliphatic heterocycles. The van der Waals surface area contributed by atoms with Crippen molar-refractivity contribution in [1.82, 2.24) is 4.90 Å². The highest BCUT2D eigenvalue weighted by atomic mass is 35.5. The first-order chi connectivity index (χ1) is 12.4. The maximum Gasteiger partial charge on any atom is 0.280 e. The zero-order valence-electron chi connectivity index (χ0n) is 15.0. The van der Waals surface area contributed by atoms with Crippen molar-refractivity contribution < 1.29 is 14.3 Å². The van der Waals surface area contributed by atoms with Crippen LogP contribution in [-0.2, 0) is 16.1 Å². The van der Waals surface area contributed by atoms with E-state index in [1.165, 1.54) is 11.8 Å². The number of likely N-dealkylation sites (N-methyl/N-ethyl adjacent to an activating group) is 2. The second-order valence-corrected chi connectivity index (χ2v) is 6.88. The number of fused-ring (bicyclic) bond motifs is 1. The van der Waals surface area contributed by atoms with Crippen molar-refractivity contribution in [2.45, 2.75) is 26.0 Å². The smallest absolute Gasteiger partial charge is 0.280 e. The van der Waals surface area contributed by atoms with Crippen LogP contribution in [0.1, 0.15) is 19.4 Å². The lowest BCUT2D eigenvalue weighted by atomic mass is 9.99. The Hall–Kier alpha value is -2.53. The number of rotatable bonds is 4. The monoisotopic (exact) mass is 372 g/mol. The fourth-order valence-corrected chi connectivity index (χ4v) is 3.27. The predicted octanol–water partition coefficient (Wildman–Crippen LogP) is 3.50. The van der Waals surface area contributed by atoms with Crippen molar-refractivity contribution in [3.05, 3.63) is 59.1 Å². The molecule has 2 amide bonds. The van der Waals surface area contributed by atoms with Crippen molar-refractivity contribution in [1.29, 1.82) is 0 Å². The minimum Gasteiger partial charge on any atom is -0.465 e. The Bertz CT molecular complexity index is 837. The Morgan fingerprint density at radius 2 is 1.85 bits per heavy atom. The lowest BCUT2D eigenvalue weighted by Gasteiger charge is -2.40. The van der Waals surface area contributed by atoms with Crippen LogP contribution < -0.4 is 9.64 Å². The molecule has 26 heavy (non-hydrogen) atoms. The molecule has 1 aliphatic rings. The van der Waals surface area contributed by atoms with Gasteiger partial charge in [0.15, 0.2) is 0 Å². The molecule has 0 bridgehead atoms. The number of hydrogen-bond donors (Lipinski definition) is 0. The first kappa shape index (κ1) is 18.3. The third-order valence-corrected chi connectivity index (χ3v) is 4.78. The molecule has 0 radical (unpaired) electrons. The Labute approximate surface area is 158 Å². The predicted molar refractivity (Wildman–Crippen MR) is 101 cm³/mol. The summed E-state index contributed by atoms with van der Waals surface area (Å²) in [6.07, 6.45) is 0. The molecular weight excluding hydrogens is 352 g/mol. The van der Waals surface area contributed by atoms with Gasteiger partial charge in [0.25, 0.3) is 17.4 Å². The highest BCUT2D eigenvalue weighted by molar-refractivity contribution is 6.30. The van der Waals surface area contributed by atoms with Crippen LogP contribution in [0.4, 0.5) is 5.69 Å². The van der Waals surface area contributed by atoms with Crippen molar-refractivity contribution in [2.75, 3.05) is 18.5 Å². The average molecular weight is 373 g/mol. The Morgan fingerprint density at radius 3 is 2.50 bits per heavy atom. The van der Waals surface area contributed by atoms with E-state index in [-0.39, 0.29) is 11.8 Å². The Kier molecular flexibility index (Phi) is 4.92. The molecule has 1 unspecified atom stereocenters. The van der Waals surface area contributed by atoms with Gasteiger partial charge < -0.3 is 14.5 Å². The SMILES string of the molecule is CCN1C(=O)C(C)(C(=O)N(C)Cc2ccc(Cl)cc2)Oc2ccccc21. The molecule has 5 nitrogen and oxygen atoms in total. The molecule has 136 valence electrons. The van der Waals surface area contributed by atoms with Gasteiger partial charge in [0.2, 0.25) is 0 Å². The third-order valence-electron chi connectivity index (χ3n) is 4.53. The van der Waals surface area contributed by atoms with E-state index in [0.29, 0.717) is 29.5 Å². The minimum absolute atomic E-state index is 0.355. The summed E-state index contributed by atoms with van der Waals surface area (Å²) in [6, 6.07) is 14.5. The van der Waals surface area contributed by atoms with Gasteiger partial charge in [-0.2, -0.15) is 0 Å². The Balaban J connectivity index is 1.87. The number of ether oxygens (including phenoxy) is 1. The van der Waals surface area contributed by atoms with Gasteiger partial charge in [-0.1, -0.05) is 35.9 Å². The summed E-state index contributed by atoms with van der Waals surface area (Å²) in [5, 5.41) is 0.635. The number of amides is 2. The van der Waals surface area contributed by atoms with E-state index in [1.807, 2.05) is 37.3 Å². The molecule has 0 fully saturated rings. The van der Waals surface area contributed by atoms with Crippen LogP contribution in [-0.4, -0.2) is 35.9 Å². The summed E-state index contributed by atoms with van der Waals surface area (Å²) < 4.78 is 5.90. The zero-order chi connectivity index (χ0) is 18.9. The largest absolute Gasteiger partial charge is 0.465 e. The van der Waals surface area contributed by atoms with Crippen molar-refractivity contribution >= 4 is 29.1 Å². The van der Waals surface area contributed by atoms with Crippen LogP contribution in [0.25, 0.3) is 0 Å². The fraction of sp³-hybridized carbons (Fsp3) is 0.300. The second-order valence-electron chi connectivity index (χ2n) is 6.44. The normalized spacial score (nSPS) is 18.9. The summed E-state index contributed by atoms with van der Waals surface area (Å²) in [4.78, 5) is 29.2. The van der Waals surface area contributed by atoms with E-state index < -0.39 is 5.60 Å². The van der Waals surface area contributed by atoms with Gasteiger partial charge in [0.1, 0.15) is 5.75 Å². The van der Waals surface area contributed by atoms with E-state index in [0.717, 1.165) is 5.56 Å². The molecule has 0 aliphatic carbocycles. The number of nitrogens with zero attached hydrogens (tertiary/aromatic N) is 2. The Morgan fingerprint density at radius 1 is 1.19 bits per heavy atom. The number of halogens is 1. The maximum atomic E-state index is 13.1. The lowest BCUT2D eigenvalue weighted by Crippen LogP contribution is -2.62. The van der Waals surface area contributed by atoms with E-state index in [1.54, 1.807) is 30.1 Å². The third kappa shape index (κ3) is 3.15. The first-order valence-corrected chi connectivity index (χ1v) is 8.84. The molecule has 0 spiro atoms. The summed E-state index contributed by atoms with van der Waals surface area (Å²) in [5.74, 6) is -0.207. The molecule has 1 atom stereocenters. The van der Waals surface area contributed by atoms with Crippen LogP contribution in [0.15, 0.2) is 48.5 Å². The summed E-state index contributed by atoms with van der Waals surface area (Å²) in [5.41, 5.74) is 0.0152. The molecule has 0 saturated heterocycles. The van der Waals surface area contributed by atoms with Crippen molar-refractivity contribution in [3.8, 4) is 5.75 Å². The molecule has 2 aromatic rings. The summed E-state index contributed by atoms with van der Waals surface area (Å²) >= 11 is 5.90. The summed E-state index contributed by atoms with van der Waals surface area (Å²) in [7, 11) is 1.66. The van der Waals surface area contributed by atoms with E-state index >= 15 is 0 Å². The fourth-order valence-electron chi connectivity index (χ4n) is 3.15. The molecule has 2 aromatic carbocycles. The number of benzene rings is 2. The van der Waals surface area contributed by atoms with Gasteiger partial charge in [0, 0.05) is 25.2 Å². The number of para-hydroxylation sites is 2. The quantitative estimate of drug-likeness (QED) is 0.772. The molecular formula is C20H21ClN2O3. The average Bonchev–Trinajstić information content (AvgIpc) is 2.64. The topological polar surface area (TPSA) is 49.9 Å². The number of carbonyl (C=O) groups is 2. The molecule has 0 aromatic heterocycles. The maximum absolute atomic E-state index is 13.1. The summed E-state index contributed by atoms with van der Waals surface area (Å²) in [6.45, 7) is 4.23. The van der Waals surface area contributed by atoms with Crippen LogP contribution in [0.2, 0.25) is 5.02 Å². The zero-order valence-corrected chi connectivity index (χ0v) is 15.8. The first-order valence-electron chi connectivity index (χ1n) is 8.47. The van der Waals surface area contributed by atoms with Gasteiger partial charge >= 0.3 is 0 Å². The van der Waals surface area contributed by atoms with Gasteiger partial charge in [-0.25, -0.2) is 0 Å². The van der Waals surface area contributed by atoms with Gasteiger partial charge in [-0.05, 0) is 43.7 Å². The van der Waals surface area contributed by atoms with Crippen molar-refractivity contribution in [3.63, 3.8) is 0 Å². The van der Waals surface area contributed by atoms with Crippen LogP contribution in [0, 0.1) is 0 Å². The highest BCUT2D eigenvalue weighted by Crippen LogP contribution is 2.38. The molecule has 3 rings (SSSR count). The van der Waals surface area contributed by atoms with E-state index in [2.05, 4.69) is 0 Å². The standard InChI is InChI=1S/C20H21ClN2O3/c1-4-23-16-7-5-6-8-17(16)26-20(2,19(23)25)18(24)22(3)13-14-9-11-15(21)12-10-14/h5-12H,4,13H2,1-3H3. The molecule has 1 heterocycles. The van der Waals surface area contributed by atoms with Crippen molar-refractivity contribution in [2.24, 2.45) is 0 Å². The number of carbonyl (C=O) groups excluding carboxylic acids is 2. The number of anilines is 1. The van der Waals surface area contributed by atoms with Gasteiger partial charge in [-0.15, -0.1) is 0 Å². The number of hydrogen-bond acceptors (Lipinski definition) is 3. The van der Waals surface area contributed by atoms with Crippen LogP contribution in [0.3, 0.4) is 0 Å². The molecule has 0 N–H and O–H groups in total. The second kappa shape index (κ2) is 7.00. The van der Waals surface area contributed by atoms with Crippen LogP contribution in [0.5, 0.6) is 5.75 Å². The van der Waals surface area contributed by atoms with Crippen LogP contribution >= 0.6 is 11.6 Å². The minimum atomic E-state index is -1.59. The lowest BCUT2D eigenvalue weighted by molar-refractivity contribution is -0.155. The van der Waals surface area contributed by atoms with Gasteiger partial charge in [0.05, 0.1) is 5.69 Å².